The van der Waals surface area contributed by atoms with Gasteiger partial charge >= 0.3 is 0 Å². The zero-order valence-corrected chi connectivity index (χ0v) is 14.4. The van der Waals surface area contributed by atoms with E-state index in [-0.39, 0.29) is 24.1 Å². The fourth-order valence-corrected chi connectivity index (χ4v) is 2.14. The lowest BCUT2D eigenvalue weighted by Crippen LogP contribution is -3.09. The number of nitriles is 1. The van der Waals surface area contributed by atoms with Gasteiger partial charge in [-0.2, -0.15) is 5.26 Å². The summed E-state index contributed by atoms with van der Waals surface area (Å²) in [4.78, 5) is 13.0. The lowest BCUT2D eigenvalue weighted by Gasteiger charge is -2.27. The molecule has 0 radical (unpaired) electrons. The molecule has 0 bridgehead atoms. The van der Waals surface area contributed by atoms with Gasteiger partial charge in [-0.05, 0) is 31.0 Å². The number of nitrogens with one attached hydrogen (secondary N) is 2. The Hall–Kier alpha value is -2.13. The maximum Gasteiger partial charge on any atom is 0.276 e. The molecule has 0 aliphatic rings. The number of benzene rings is 1. The van der Waals surface area contributed by atoms with Crippen LogP contribution in [0.1, 0.15) is 26.3 Å². The highest BCUT2D eigenvalue weighted by Gasteiger charge is 2.30. The summed E-state index contributed by atoms with van der Waals surface area (Å²) in [6.45, 7) is 6.20. The average molecular weight is 322 g/mol. The Morgan fingerprint density at radius 2 is 2.17 bits per heavy atom. The summed E-state index contributed by atoms with van der Waals surface area (Å²) in [5, 5.41) is 12.0. The second kappa shape index (κ2) is 7.93. The molecule has 0 aliphatic carbocycles. The molecule has 1 aromatic rings. The van der Waals surface area contributed by atoms with E-state index in [2.05, 4.69) is 11.4 Å². The van der Waals surface area contributed by atoms with Gasteiger partial charge in [0.25, 0.3) is 5.91 Å². The van der Waals surface area contributed by atoms with E-state index >= 15 is 0 Å². The smallest absolute Gasteiger partial charge is 0.276 e. The van der Waals surface area contributed by atoms with E-state index in [9.17, 15) is 14.4 Å². The van der Waals surface area contributed by atoms with Gasteiger partial charge in [0.05, 0.1) is 20.2 Å². The first-order valence-corrected chi connectivity index (χ1v) is 7.57. The van der Waals surface area contributed by atoms with Crippen LogP contribution in [-0.2, 0) is 11.3 Å². The maximum absolute atomic E-state index is 13.7. The number of quaternary nitrogens is 1. The molecular weight excluding hydrogens is 297 g/mol. The third-order valence-electron chi connectivity index (χ3n) is 3.97. The number of ether oxygens (including phenoxy) is 1. The summed E-state index contributed by atoms with van der Waals surface area (Å²) in [7, 11) is 3.27. The van der Waals surface area contributed by atoms with Gasteiger partial charge in [0.15, 0.2) is 18.1 Å². The maximum atomic E-state index is 13.7. The molecule has 6 heteroatoms. The standard InChI is InChI=1S/C17H24FN3O2/c1-12(2)17(3,11-19)20-16(22)10-21(4)9-13-6-7-15(23-5)14(18)8-13/h6-8,12H,9-10H2,1-5H3,(H,20,22)/p+1/t17-/m0/s1. The summed E-state index contributed by atoms with van der Waals surface area (Å²) >= 11 is 0. The van der Waals surface area contributed by atoms with Crippen LogP contribution in [0.4, 0.5) is 4.39 Å². The second-order valence-electron chi connectivity index (χ2n) is 6.30. The molecule has 0 aliphatic heterocycles. The van der Waals surface area contributed by atoms with Crippen molar-refractivity contribution in [1.29, 1.82) is 5.26 Å². The number of likely N-dealkylation sites (N-methyl/N-ethyl adjacent to an activating group) is 1. The molecule has 2 atom stereocenters. The van der Waals surface area contributed by atoms with Gasteiger partial charge in [0.1, 0.15) is 12.1 Å². The monoisotopic (exact) mass is 322 g/mol. The Kier molecular flexibility index (Phi) is 6.52. The van der Waals surface area contributed by atoms with Crippen molar-refractivity contribution in [3.63, 3.8) is 0 Å². The molecule has 1 aromatic carbocycles. The predicted octanol–water partition coefficient (Wildman–Crippen LogP) is 0.903. The predicted molar refractivity (Wildman–Crippen MR) is 85.4 cm³/mol. The quantitative estimate of drug-likeness (QED) is 0.784. The van der Waals surface area contributed by atoms with Crippen molar-refractivity contribution in [3.8, 4) is 11.8 Å². The number of halogens is 1. The number of amides is 1. The summed E-state index contributed by atoms with van der Waals surface area (Å²) in [6, 6.07) is 6.91. The summed E-state index contributed by atoms with van der Waals surface area (Å²) in [5.41, 5.74) is -0.107. The first kappa shape index (κ1) is 18.9. The molecule has 0 fully saturated rings. The van der Waals surface area contributed by atoms with Crippen LogP contribution >= 0.6 is 0 Å². The zero-order valence-electron chi connectivity index (χ0n) is 14.4. The van der Waals surface area contributed by atoms with Crippen molar-refractivity contribution in [3.05, 3.63) is 29.6 Å². The molecule has 23 heavy (non-hydrogen) atoms. The average Bonchev–Trinajstić information content (AvgIpc) is 2.46. The summed E-state index contributed by atoms with van der Waals surface area (Å²) in [6.07, 6.45) is 0. The number of carbonyl (C=O) groups is 1. The third-order valence-corrected chi connectivity index (χ3v) is 3.97. The minimum atomic E-state index is -0.885. The Bertz CT molecular complexity index is 598. The number of hydrogen-bond acceptors (Lipinski definition) is 3. The van der Waals surface area contributed by atoms with Crippen molar-refractivity contribution in [2.75, 3.05) is 20.7 Å². The van der Waals surface area contributed by atoms with E-state index in [0.717, 1.165) is 10.5 Å². The minimum Gasteiger partial charge on any atom is -0.494 e. The number of nitrogens with zero attached hydrogens (tertiary/aromatic N) is 1. The number of methoxy groups -OCH3 is 1. The van der Waals surface area contributed by atoms with E-state index in [1.807, 2.05) is 20.9 Å². The van der Waals surface area contributed by atoms with Gasteiger partial charge in [-0.1, -0.05) is 13.8 Å². The van der Waals surface area contributed by atoms with Crippen LogP contribution in [0.15, 0.2) is 18.2 Å². The van der Waals surface area contributed by atoms with Crippen LogP contribution in [-0.4, -0.2) is 32.1 Å². The van der Waals surface area contributed by atoms with Gasteiger partial charge in [-0.3, -0.25) is 4.79 Å². The van der Waals surface area contributed by atoms with Crippen molar-refractivity contribution in [2.45, 2.75) is 32.9 Å². The normalized spacial score (nSPS) is 14.7. The van der Waals surface area contributed by atoms with Crippen LogP contribution in [0.25, 0.3) is 0 Å². The number of hydrogen-bond donors (Lipinski definition) is 2. The van der Waals surface area contributed by atoms with Crippen LogP contribution in [0.5, 0.6) is 5.75 Å². The molecule has 2 N–H and O–H groups in total. The lowest BCUT2D eigenvalue weighted by molar-refractivity contribution is -0.885. The SMILES string of the molecule is COc1ccc(C[NH+](C)CC(=O)N[C@@](C)(C#N)C(C)C)cc1F. The van der Waals surface area contributed by atoms with Crippen molar-refractivity contribution in [1.82, 2.24) is 5.32 Å². The fourth-order valence-electron chi connectivity index (χ4n) is 2.14. The molecule has 1 rings (SSSR count). The Morgan fingerprint density at radius 3 is 2.65 bits per heavy atom. The fraction of sp³-hybridized carbons (Fsp3) is 0.529. The zero-order chi connectivity index (χ0) is 17.6. The molecule has 1 unspecified atom stereocenters. The molecule has 5 nitrogen and oxygen atoms in total. The topological polar surface area (TPSA) is 66.6 Å². The van der Waals surface area contributed by atoms with Crippen molar-refractivity contribution >= 4 is 5.91 Å². The van der Waals surface area contributed by atoms with E-state index in [4.69, 9.17) is 4.74 Å². The van der Waals surface area contributed by atoms with Gasteiger partial charge in [0.2, 0.25) is 0 Å². The minimum absolute atomic E-state index is 0.00689. The number of carbonyl (C=O) groups excluding carboxylic acids is 1. The summed E-state index contributed by atoms with van der Waals surface area (Å²) < 4.78 is 18.6. The lowest BCUT2D eigenvalue weighted by atomic mass is 9.90. The van der Waals surface area contributed by atoms with E-state index in [1.54, 1.807) is 19.1 Å². The molecular formula is C17H25FN3O2+. The van der Waals surface area contributed by atoms with Crippen LogP contribution in [0, 0.1) is 23.1 Å². The van der Waals surface area contributed by atoms with E-state index in [1.165, 1.54) is 13.2 Å². The second-order valence-corrected chi connectivity index (χ2v) is 6.30. The van der Waals surface area contributed by atoms with Crippen molar-refractivity contribution in [2.24, 2.45) is 5.92 Å². The molecule has 126 valence electrons. The Balaban J connectivity index is 2.63. The highest BCUT2D eigenvalue weighted by molar-refractivity contribution is 5.78. The molecule has 0 aromatic heterocycles. The Labute approximate surface area is 137 Å². The molecule has 0 heterocycles. The highest BCUT2D eigenvalue weighted by Crippen LogP contribution is 2.17. The third kappa shape index (κ3) is 5.22. The summed E-state index contributed by atoms with van der Waals surface area (Å²) in [5.74, 6) is -0.411. The van der Waals surface area contributed by atoms with Gasteiger partial charge in [-0.25, -0.2) is 4.39 Å². The first-order chi connectivity index (χ1) is 10.7. The molecule has 0 saturated carbocycles. The van der Waals surface area contributed by atoms with Gasteiger partial charge in [-0.15, -0.1) is 0 Å². The van der Waals surface area contributed by atoms with E-state index < -0.39 is 11.4 Å². The highest BCUT2D eigenvalue weighted by atomic mass is 19.1. The van der Waals surface area contributed by atoms with Crippen molar-refractivity contribution < 1.29 is 18.8 Å². The number of rotatable bonds is 7. The molecule has 1 amide bonds. The first-order valence-electron chi connectivity index (χ1n) is 7.57. The molecule has 0 saturated heterocycles. The van der Waals surface area contributed by atoms with Gasteiger partial charge < -0.3 is 15.0 Å². The van der Waals surface area contributed by atoms with Crippen LogP contribution in [0.2, 0.25) is 0 Å². The molecule has 0 spiro atoms. The van der Waals surface area contributed by atoms with E-state index in [0.29, 0.717) is 6.54 Å². The largest absolute Gasteiger partial charge is 0.494 e. The van der Waals surface area contributed by atoms with Crippen LogP contribution < -0.4 is 15.0 Å². The Morgan fingerprint density at radius 1 is 1.52 bits per heavy atom. The van der Waals surface area contributed by atoms with Crippen LogP contribution in [0.3, 0.4) is 0 Å². The van der Waals surface area contributed by atoms with Gasteiger partial charge in [0, 0.05) is 5.56 Å².